The molecule has 0 aliphatic carbocycles. The summed E-state index contributed by atoms with van der Waals surface area (Å²) in [6, 6.07) is 0. The predicted octanol–water partition coefficient (Wildman–Crippen LogP) is -0.231. The number of aliphatic hydroxyl groups is 2. The molecule has 19 heavy (non-hydrogen) atoms. The van der Waals surface area contributed by atoms with E-state index in [2.05, 4.69) is 4.98 Å². The molecule has 1 aliphatic rings. The molecule has 2 rings (SSSR count). The highest BCUT2D eigenvalue weighted by Gasteiger charge is 2.44. The third-order valence-electron chi connectivity index (χ3n) is 3.21. The number of anilines is 1. The van der Waals surface area contributed by atoms with Gasteiger partial charge < -0.3 is 25.4 Å². The number of hydrogen-bond acceptors (Lipinski definition) is 7. The Balaban J connectivity index is 2.41. The van der Waals surface area contributed by atoms with Crippen LogP contribution in [0.4, 0.5) is 5.82 Å². The number of ether oxygens (including phenoxy) is 2. The van der Waals surface area contributed by atoms with Crippen LogP contribution in [-0.2, 0) is 9.47 Å². The Bertz CT molecular complexity index is 521. The highest BCUT2D eigenvalue weighted by molar-refractivity contribution is 7.71. The Labute approximate surface area is 115 Å². The van der Waals surface area contributed by atoms with Gasteiger partial charge in [-0.1, -0.05) is 0 Å². The number of methoxy groups -OCH3 is 1. The zero-order valence-corrected chi connectivity index (χ0v) is 11.5. The minimum absolute atomic E-state index is 0.237. The molecule has 106 valence electrons. The summed E-state index contributed by atoms with van der Waals surface area (Å²) in [7, 11) is 1.46. The van der Waals surface area contributed by atoms with Crippen LogP contribution in [0.1, 0.15) is 11.8 Å². The summed E-state index contributed by atoms with van der Waals surface area (Å²) in [4.78, 5) is 4.04. The van der Waals surface area contributed by atoms with Crippen molar-refractivity contribution in [2.24, 2.45) is 0 Å². The Hall–Kier alpha value is -1.06. The zero-order chi connectivity index (χ0) is 14.2. The largest absolute Gasteiger partial charge is 0.394 e. The van der Waals surface area contributed by atoms with E-state index >= 15 is 0 Å². The van der Waals surface area contributed by atoms with E-state index in [1.165, 1.54) is 7.11 Å². The lowest BCUT2D eigenvalue weighted by Crippen LogP contribution is -2.34. The first-order valence-corrected chi connectivity index (χ1v) is 6.22. The van der Waals surface area contributed by atoms with Crippen LogP contribution in [0.3, 0.4) is 0 Å². The van der Waals surface area contributed by atoms with Crippen molar-refractivity contribution in [1.82, 2.24) is 9.55 Å². The van der Waals surface area contributed by atoms with E-state index in [0.717, 1.165) is 5.56 Å². The molecule has 0 spiro atoms. The van der Waals surface area contributed by atoms with Gasteiger partial charge in [-0.15, -0.1) is 0 Å². The molecule has 1 fully saturated rings. The van der Waals surface area contributed by atoms with Gasteiger partial charge in [0.15, 0.2) is 6.23 Å². The van der Waals surface area contributed by atoms with Gasteiger partial charge in [0.05, 0.1) is 6.61 Å². The van der Waals surface area contributed by atoms with E-state index < -0.39 is 24.5 Å². The highest BCUT2D eigenvalue weighted by Crippen LogP contribution is 2.31. The van der Waals surface area contributed by atoms with Gasteiger partial charge in [0, 0.05) is 18.9 Å². The molecule has 1 aromatic rings. The normalized spacial score (nSPS) is 30.7. The van der Waals surface area contributed by atoms with Crippen molar-refractivity contribution in [2.75, 3.05) is 19.5 Å². The van der Waals surface area contributed by atoms with Gasteiger partial charge >= 0.3 is 0 Å². The van der Waals surface area contributed by atoms with Crippen molar-refractivity contribution in [1.29, 1.82) is 0 Å². The van der Waals surface area contributed by atoms with Crippen LogP contribution >= 0.6 is 12.2 Å². The molecule has 4 N–H and O–H groups in total. The molecule has 2 unspecified atom stereocenters. The molecular weight excluding hydrogens is 270 g/mol. The van der Waals surface area contributed by atoms with Crippen LogP contribution in [0.25, 0.3) is 0 Å². The van der Waals surface area contributed by atoms with Crippen LogP contribution < -0.4 is 5.73 Å². The van der Waals surface area contributed by atoms with Crippen LogP contribution in [0, 0.1) is 11.7 Å². The van der Waals surface area contributed by atoms with E-state index in [1.807, 2.05) is 0 Å². The van der Waals surface area contributed by atoms with Crippen LogP contribution in [0.2, 0.25) is 0 Å². The van der Waals surface area contributed by atoms with E-state index in [0.29, 0.717) is 5.82 Å². The number of nitrogens with two attached hydrogens (primary N) is 1. The first kappa shape index (κ1) is 14.4. The molecule has 0 amide bonds. The molecule has 0 aromatic carbocycles. The third kappa shape index (κ3) is 2.49. The van der Waals surface area contributed by atoms with Gasteiger partial charge in [-0.25, -0.2) is 4.98 Å². The Morgan fingerprint density at radius 3 is 2.89 bits per heavy atom. The number of aliphatic hydroxyl groups excluding tert-OH is 2. The second kappa shape index (κ2) is 5.51. The number of rotatable bonds is 3. The lowest BCUT2D eigenvalue weighted by Gasteiger charge is -2.21. The van der Waals surface area contributed by atoms with Crippen molar-refractivity contribution in [2.45, 2.75) is 31.5 Å². The standard InChI is InChI=1S/C11H17N3O4S/c1-5-3-14(11(19)13-9(5)12)10-8(17-2)7(16)6(4-15)18-10/h3,6-8,10,15-16H,4H2,1-2H3,(H2,12,13,19)/t6-,7?,8?,10-/m1/s1. The molecular formula is C11H17N3O4S. The summed E-state index contributed by atoms with van der Waals surface area (Å²) < 4.78 is 12.6. The first-order valence-electron chi connectivity index (χ1n) is 5.82. The maximum absolute atomic E-state index is 9.99. The summed E-state index contributed by atoms with van der Waals surface area (Å²) in [6.07, 6.45) is -1.21. The average molecular weight is 287 g/mol. The number of nitrogens with zero attached hydrogens (tertiary/aromatic N) is 2. The fourth-order valence-electron chi connectivity index (χ4n) is 2.11. The summed E-state index contributed by atoms with van der Waals surface area (Å²) in [5.74, 6) is 0.354. The quantitative estimate of drug-likeness (QED) is 0.660. The van der Waals surface area contributed by atoms with E-state index in [1.54, 1.807) is 17.7 Å². The molecule has 8 heteroatoms. The van der Waals surface area contributed by atoms with Gasteiger partial charge in [-0.2, -0.15) is 0 Å². The lowest BCUT2D eigenvalue weighted by molar-refractivity contribution is -0.0615. The van der Waals surface area contributed by atoms with Crippen molar-refractivity contribution in [3.05, 3.63) is 16.5 Å². The molecule has 1 saturated heterocycles. The van der Waals surface area contributed by atoms with Crippen molar-refractivity contribution in [3.8, 4) is 0 Å². The van der Waals surface area contributed by atoms with Gasteiger partial charge in [-0.05, 0) is 19.1 Å². The first-order chi connectivity index (χ1) is 8.99. The second-order valence-electron chi connectivity index (χ2n) is 4.44. The maximum Gasteiger partial charge on any atom is 0.203 e. The lowest BCUT2D eigenvalue weighted by atomic mass is 10.1. The summed E-state index contributed by atoms with van der Waals surface area (Å²) in [5.41, 5.74) is 6.43. The van der Waals surface area contributed by atoms with Gasteiger partial charge in [0.2, 0.25) is 4.77 Å². The molecule has 1 aliphatic heterocycles. The van der Waals surface area contributed by atoms with Gasteiger partial charge in [0.1, 0.15) is 24.1 Å². The predicted molar refractivity (Wildman–Crippen MR) is 70.0 cm³/mol. The summed E-state index contributed by atoms with van der Waals surface area (Å²) >= 11 is 5.14. The molecule has 1 aromatic heterocycles. The number of aryl methyl sites for hydroxylation is 1. The molecule has 0 saturated carbocycles. The smallest absolute Gasteiger partial charge is 0.203 e. The minimum Gasteiger partial charge on any atom is -0.394 e. The monoisotopic (exact) mass is 287 g/mol. The molecule has 0 radical (unpaired) electrons. The zero-order valence-electron chi connectivity index (χ0n) is 10.7. The Morgan fingerprint density at radius 1 is 1.63 bits per heavy atom. The number of aromatic nitrogens is 2. The van der Waals surface area contributed by atoms with Crippen molar-refractivity contribution >= 4 is 18.0 Å². The van der Waals surface area contributed by atoms with E-state index in [9.17, 15) is 10.2 Å². The van der Waals surface area contributed by atoms with Gasteiger partial charge in [0.25, 0.3) is 0 Å². The Morgan fingerprint density at radius 2 is 2.32 bits per heavy atom. The molecule has 0 bridgehead atoms. The summed E-state index contributed by atoms with van der Waals surface area (Å²) in [6.45, 7) is 1.50. The molecule has 7 nitrogen and oxygen atoms in total. The average Bonchev–Trinajstić information content (AvgIpc) is 2.70. The molecule has 2 heterocycles. The second-order valence-corrected chi connectivity index (χ2v) is 4.80. The van der Waals surface area contributed by atoms with Gasteiger partial charge in [-0.3, -0.25) is 4.57 Å². The fraction of sp³-hybridized carbons (Fsp3) is 0.636. The van der Waals surface area contributed by atoms with Crippen LogP contribution in [0.5, 0.6) is 0 Å². The fourth-order valence-corrected chi connectivity index (χ4v) is 2.36. The van der Waals surface area contributed by atoms with Crippen molar-refractivity contribution in [3.63, 3.8) is 0 Å². The number of hydrogen-bond donors (Lipinski definition) is 3. The number of nitrogen functional groups attached to an aromatic ring is 1. The topological polar surface area (TPSA) is 103 Å². The highest BCUT2D eigenvalue weighted by atomic mass is 32.1. The minimum atomic E-state index is -0.931. The van der Waals surface area contributed by atoms with E-state index in [-0.39, 0.29) is 11.4 Å². The molecule has 4 atom stereocenters. The van der Waals surface area contributed by atoms with Crippen LogP contribution in [0.15, 0.2) is 6.20 Å². The third-order valence-corrected chi connectivity index (χ3v) is 3.51. The van der Waals surface area contributed by atoms with E-state index in [4.69, 9.17) is 27.4 Å². The van der Waals surface area contributed by atoms with Crippen LogP contribution in [-0.4, -0.2) is 51.8 Å². The Kier molecular flexibility index (Phi) is 4.16. The maximum atomic E-state index is 9.99. The summed E-state index contributed by atoms with van der Waals surface area (Å²) in [5, 5.41) is 19.2. The SMILES string of the molecule is COC1C(O)[C@@H](CO)O[C@H]1n1cc(C)c(N)nc1=S. The van der Waals surface area contributed by atoms with Crippen molar-refractivity contribution < 1.29 is 19.7 Å².